The molecule has 25 heavy (non-hydrogen) atoms. The zero-order valence-electron chi connectivity index (χ0n) is 14.8. The van der Waals surface area contributed by atoms with E-state index in [0.29, 0.717) is 13.2 Å². The van der Waals surface area contributed by atoms with E-state index in [9.17, 15) is 9.59 Å². The quantitative estimate of drug-likeness (QED) is 0.710. The van der Waals surface area contributed by atoms with Gasteiger partial charge < -0.3 is 10.1 Å². The molecule has 1 aromatic carbocycles. The number of amides is 3. The molecule has 0 atom stereocenters. The molecule has 1 aliphatic carbocycles. The Morgan fingerprint density at radius 3 is 2.60 bits per heavy atom. The number of hydrogen-bond donors (Lipinski definition) is 2. The minimum Gasteiger partial charge on any atom is -0.490 e. The summed E-state index contributed by atoms with van der Waals surface area (Å²) in [7, 11) is 1.84. The Balaban J connectivity index is 1.71. The van der Waals surface area contributed by atoms with E-state index < -0.39 is 6.03 Å². The third-order valence-corrected chi connectivity index (χ3v) is 4.10. The average molecular weight is 345 g/mol. The second kappa shape index (κ2) is 9.84. The second-order valence-electron chi connectivity index (χ2n) is 6.42. The van der Waals surface area contributed by atoms with Crippen LogP contribution in [0.2, 0.25) is 0 Å². The van der Waals surface area contributed by atoms with E-state index >= 15 is 0 Å². The van der Waals surface area contributed by atoms with Crippen LogP contribution in [0.1, 0.15) is 31.2 Å². The van der Waals surface area contributed by atoms with Crippen LogP contribution < -0.4 is 15.4 Å². The number of urea groups is 1. The van der Waals surface area contributed by atoms with Crippen LogP contribution in [0.3, 0.4) is 0 Å². The number of rotatable bonds is 8. The van der Waals surface area contributed by atoms with E-state index in [1.54, 1.807) is 6.08 Å². The molecule has 0 aliphatic heterocycles. The third kappa shape index (κ3) is 6.97. The number of carbonyl (C=O) groups excluding carboxylic acids is 2. The minimum absolute atomic E-state index is 0.160. The molecule has 6 nitrogen and oxygen atoms in total. The van der Waals surface area contributed by atoms with Crippen molar-refractivity contribution in [3.8, 4) is 5.75 Å². The molecule has 1 saturated carbocycles. The third-order valence-electron chi connectivity index (χ3n) is 4.10. The van der Waals surface area contributed by atoms with Crippen molar-refractivity contribution in [1.29, 1.82) is 0 Å². The fourth-order valence-corrected chi connectivity index (χ4v) is 2.92. The Bertz CT molecular complexity index is 580. The van der Waals surface area contributed by atoms with Crippen LogP contribution in [0.5, 0.6) is 5.75 Å². The van der Waals surface area contributed by atoms with Crippen LogP contribution >= 0.6 is 0 Å². The first-order chi connectivity index (χ1) is 12.1. The summed E-state index contributed by atoms with van der Waals surface area (Å²) in [6.45, 7) is 4.86. The zero-order valence-corrected chi connectivity index (χ0v) is 14.8. The highest BCUT2D eigenvalue weighted by atomic mass is 16.5. The Labute approximate surface area is 149 Å². The Morgan fingerprint density at radius 1 is 1.28 bits per heavy atom. The van der Waals surface area contributed by atoms with E-state index in [1.807, 2.05) is 36.2 Å². The molecule has 0 saturated heterocycles. The van der Waals surface area contributed by atoms with Crippen LogP contribution in [-0.4, -0.2) is 43.1 Å². The molecule has 0 spiro atoms. The molecule has 2 N–H and O–H groups in total. The Morgan fingerprint density at radius 2 is 1.96 bits per heavy atom. The molecule has 0 aromatic heterocycles. The van der Waals surface area contributed by atoms with Gasteiger partial charge in [0.1, 0.15) is 12.4 Å². The van der Waals surface area contributed by atoms with Crippen LogP contribution in [0.4, 0.5) is 4.79 Å². The van der Waals surface area contributed by atoms with E-state index in [0.717, 1.165) is 37.0 Å². The summed E-state index contributed by atoms with van der Waals surface area (Å²) < 4.78 is 5.44. The van der Waals surface area contributed by atoms with Gasteiger partial charge in [-0.3, -0.25) is 15.0 Å². The predicted molar refractivity (Wildman–Crippen MR) is 97.4 cm³/mol. The van der Waals surface area contributed by atoms with Crippen molar-refractivity contribution in [3.05, 3.63) is 42.5 Å². The average Bonchev–Trinajstić information content (AvgIpc) is 3.06. The van der Waals surface area contributed by atoms with Gasteiger partial charge in [0.15, 0.2) is 0 Å². The second-order valence-corrected chi connectivity index (χ2v) is 6.42. The number of hydrogen-bond acceptors (Lipinski definition) is 4. The predicted octanol–water partition coefficient (Wildman–Crippen LogP) is 2.45. The molecule has 1 aromatic rings. The number of likely N-dealkylation sites (N-methyl/N-ethyl adjacent to an activating group) is 1. The molecule has 3 amide bonds. The first-order valence-corrected chi connectivity index (χ1v) is 8.68. The van der Waals surface area contributed by atoms with Gasteiger partial charge in [-0.1, -0.05) is 37.6 Å². The lowest BCUT2D eigenvalue weighted by molar-refractivity contribution is -0.121. The lowest BCUT2D eigenvalue weighted by Gasteiger charge is -2.17. The van der Waals surface area contributed by atoms with E-state index in [-0.39, 0.29) is 18.5 Å². The number of benzene rings is 1. The van der Waals surface area contributed by atoms with Gasteiger partial charge in [-0.05, 0) is 37.6 Å². The summed E-state index contributed by atoms with van der Waals surface area (Å²) >= 11 is 0. The molecule has 136 valence electrons. The van der Waals surface area contributed by atoms with Crippen molar-refractivity contribution in [1.82, 2.24) is 15.5 Å². The Hall–Kier alpha value is -2.34. The molecule has 2 rings (SSSR count). The molecule has 0 unspecified atom stereocenters. The monoisotopic (exact) mass is 345 g/mol. The molecule has 0 heterocycles. The first kappa shape index (κ1) is 19.0. The summed E-state index contributed by atoms with van der Waals surface area (Å²) in [5.74, 6) is 0.483. The molecular formula is C19H27N3O3. The standard InChI is InChI=1S/C19H27N3O3/c1-3-12-25-17-10-8-15(9-11-17)13-22(2)14-18(23)21-19(24)20-16-6-4-5-7-16/h3,8-11,16H,1,4-7,12-14H2,2H3,(H2,20,21,23,24). The molecule has 1 fully saturated rings. The van der Waals surface area contributed by atoms with Crippen molar-refractivity contribution < 1.29 is 14.3 Å². The zero-order chi connectivity index (χ0) is 18.1. The van der Waals surface area contributed by atoms with Gasteiger partial charge in [0, 0.05) is 12.6 Å². The van der Waals surface area contributed by atoms with Crippen LogP contribution in [0.15, 0.2) is 36.9 Å². The molecule has 6 heteroatoms. The fraction of sp³-hybridized carbons (Fsp3) is 0.474. The fourth-order valence-electron chi connectivity index (χ4n) is 2.92. The van der Waals surface area contributed by atoms with Crippen molar-refractivity contribution >= 4 is 11.9 Å². The molecule has 0 radical (unpaired) electrons. The SMILES string of the molecule is C=CCOc1ccc(CN(C)CC(=O)NC(=O)NC2CCCC2)cc1. The van der Waals surface area contributed by atoms with Crippen molar-refractivity contribution in [2.45, 2.75) is 38.3 Å². The molecule has 0 bridgehead atoms. The summed E-state index contributed by atoms with van der Waals surface area (Å²) in [5.41, 5.74) is 1.07. The van der Waals surface area contributed by atoms with Gasteiger partial charge in [0.05, 0.1) is 6.54 Å². The highest BCUT2D eigenvalue weighted by Crippen LogP contribution is 2.17. The number of ether oxygens (including phenoxy) is 1. The lowest BCUT2D eigenvalue weighted by Crippen LogP contribution is -2.46. The minimum atomic E-state index is -0.394. The van der Waals surface area contributed by atoms with Gasteiger partial charge in [-0.25, -0.2) is 4.79 Å². The highest BCUT2D eigenvalue weighted by molar-refractivity contribution is 5.95. The lowest BCUT2D eigenvalue weighted by atomic mass is 10.2. The number of nitrogens with zero attached hydrogens (tertiary/aromatic N) is 1. The van der Waals surface area contributed by atoms with Gasteiger partial charge in [-0.2, -0.15) is 0 Å². The highest BCUT2D eigenvalue weighted by Gasteiger charge is 2.18. The maximum Gasteiger partial charge on any atom is 0.321 e. The van der Waals surface area contributed by atoms with Crippen molar-refractivity contribution in [3.63, 3.8) is 0 Å². The normalized spacial score (nSPS) is 14.3. The smallest absolute Gasteiger partial charge is 0.321 e. The van der Waals surface area contributed by atoms with Gasteiger partial charge >= 0.3 is 6.03 Å². The number of nitrogens with one attached hydrogen (secondary N) is 2. The maximum absolute atomic E-state index is 12.0. The summed E-state index contributed by atoms with van der Waals surface area (Å²) in [4.78, 5) is 25.6. The number of carbonyl (C=O) groups is 2. The molecule has 1 aliphatic rings. The topological polar surface area (TPSA) is 70.7 Å². The number of imide groups is 1. The Kier molecular flexibility index (Phi) is 7.47. The summed E-state index contributed by atoms with van der Waals surface area (Å²) in [6.07, 6.45) is 5.96. The molecular weight excluding hydrogens is 318 g/mol. The maximum atomic E-state index is 12.0. The van der Waals surface area contributed by atoms with E-state index in [2.05, 4.69) is 17.2 Å². The summed E-state index contributed by atoms with van der Waals surface area (Å²) in [6, 6.07) is 7.50. The van der Waals surface area contributed by atoms with Crippen LogP contribution in [0, 0.1) is 0 Å². The van der Waals surface area contributed by atoms with E-state index in [4.69, 9.17) is 4.74 Å². The first-order valence-electron chi connectivity index (χ1n) is 8.68. The largest absolute Gasteiger partial charge is 0.490 e. The van der Waals surface area contributed by atoms with Crippen molar-refractivity contribution in [2.24, 2.45) is 0 Å². The van der Waals surface area contributed by atoms with Gasteiger partial charge in [-0.15, -0.1) is 0 Å². The van der Waals surface area contributed by atoms with E-state index in [1.165, 1.54) is 0 Å². The van der Waals surface area contributed by atoms with Crippen LogP contribution in [0.25, 0.3) is 0 Å². The van der Waals surface area contributed by atoms with Crippen molar-refractivity contribution in [2.75, 3.05) is 20.2 Å². The van der Waals surface area contributed by atoms with Gasteiger partial charge in [0.2, 0.25) is 5.91 Å². The summed E-state index contributed by atoms with van der Waals surface area (Å²) in [5, 5.41) is 5.24. The van der Waals surface area contributed by atoms with Gasteiger partial charge in [0.25, 0.3) is 0 Å². The van der Waals surface area contributed by atoms with Crippen LogP contribution in [-0.2, 0) is 11.3 Å².